The van der Waals surface area contributed by atoms with Crippen molar-refractivity contribution in [1.29, 1.82) is 0 Å². The minimum absolute atomic E-state index is 0.0977. The van der Waals surface area contributed by atoms with Crippen LogP contribution in [0.2, 0.25) is 0 Å². The zero-order valence-electron chi connectivity index (χ0n) is 24.4. The van der Waals surface area contributed by atoms with E-state index in [1.54, 1.807) is 41.2 Å². The lowest BCUT2D eigenvalue weighted by atomic mass is 10.1. The molecule has 4 rings (SSSR count). The molecule has 4 aromatic rings. The molecule has 2 aromatic carbocycles. The van der Waals surface area contributed by atoms with Gasteiger partial charge in [0, 0.05) is 13.1 Å². The van der Waals surface area contributed by atoms with Crippen LogP contribution in [-0.2, 0) is 31.8 Å². The summed E-state index contributed by atoms with van der Waals surface area (Å²) in [6.07, 6.45) is 3.26. The summed E-state index contributed by atoms with van der Waals surface area (Å²) < 4.78 is 33.4. The Balaban J connectivity index is 1.49. The number of esters is 1. The maximum atomic E-state index is 14.3. The van der Waals surface area contributed by atoms with Gasteiger partial charge in [0.05, 0.1) is 19.5 Å². The van der Waals surface area contributed by atoms with Gasteiger partial charge in [-0.2, -0.15) is 9.97 Å². The highest BCUT2D eigenvalue weighted by molar-refractivity contribution is 7.57. The first-order chi connectivity index (χ1) is 20.8. The van der Waals surface area contributed by atoms with Crippen molar-refractivity contribution in [2.24, 2.45) is 5.92 Å². The first kappa shape index (κ1) is 31.7. The third-order valence-corrected chi connectivity index (χ3v) is 7.84. The molecule has 4 N–H and O–H groups in total. The number of nitrogens with zero attached hydrogens (tertiary/aromatic N) is 4. The van der Waals surface area contributed by atoms with E-state index in [1.165, 1.54) is 0 Å². The van der Waals surface area contributed by atoms with E-state index < -0.39 is 19.5 Å². The van der Waals surface area contributed by atoms with Crippen molar-refractivity contribution in [2.75, 3.05) is 37.2 Å². The van der Waals surface area contributed by atoms with E-state index >= 15 is 0 Å². The second kappa shape index (κ2) is 15.3. The minimum atomic E-state index is -3.78. The number of nitrogens with one attached hydrogen (secondary N) is 2. The number of nitrogens with two attached hydrogens (primary N) is 1. The Labute approximate surface area is 251 Å². The van der Waals surface area contributed by atoms with E-state index in [0.29, 0.717) is 35.8 Å². The van der Waals surface area contributed by atoms with Crippen LogP contribution in [0, 0.1) is 5.92 Å². The van der Waals surface area contributed by atoms with Gasteiger partial charge in [-0.15, -0.1) is 6.58 Å². The summed E-state index contributed by atoms with van der Waals surface area (Å²) in [5.74, 6) is 0.604. The van der Waals surface area contributed by atoms with Crippen molar-refractivity contribution in [1.82, 2.24) is 24.6 Å². The molecule has 0 bridgehead atoms. The number of carbonyl (C=O) groups excluding carboxylic acids is 1. The summed E-state index contributed by atoms with van der Waals surface area (Å²) in [6, 6.07) is 17.3. The van der Waals surface area contributed by atoms with Gasteiger partial charge in [0.2, 0.25) is 5.95 Å². The van der Waals surface area contributed by atoms with Gasteiger partial charge in [0.1, 0.15) is 18.1 Å². The van der Waals surface area contributed by atoms with Gasteiger partial charge in [-0.1, -0.05) is 68.5 Å². The SMILES string of the molecule is C=CCNc1nc(N)nc2c1ncn2CCOCP(=O)(N[C@@H](Cc1ccccc1)C(=O)OCC(C)C)Oc1ccccc1. The van der Waals surface area contributed by atoms with Crippen molar-refractivity contribution in [3.63, 3.8) is 0 Å². The second-order valence-electron chi connectivity index (χ2n) is 10.2. The molecule has 0 saturated heterocycles. The largest absolute Gasteiger partial charge is 0.464 e. The Bertz CT molecular complexity index is 1530. The summed E-state index contributed by atoms with van der Waals surface area (Å²) in [7, 11) is -3.78. The Morgan fingerprint density at radius 2 is 1.84 bits per heavy atom. The number of carbonyl (C=O) groups is 1. The maximum absolute atomic E-state index is 14.3. The molecule has 0 aliphatic rings. The summed E-state index contributed by atoms with van der Waals surface area (Å²) in [6.45, 7) is 8.81. The van der Waals surface area contributed by atoms with Gasteiger partial charge in [-0.3, -0.25) is 9.36 Å². The van der Waals surface area contributed by atoms with Crippen molar-refractivity contribution >= 4 is 36.4 Å². The van der Waals surface area contributed by atoms with Crippen LogP contribution in [-0.4, -0.2) is 57.6 Å². The van der Waals surface area contributed by atoms with Gasteiger partial charge in [-0.25, -0.2) is 10.1 Å². The number of rotatable bonds is 17. The molecule has 13 heteroatoms. The Hall–Kier alpha value is -4.25. The van der Waals surface area contributed by atoms with Crippen molar-refractivity contribution in [3.8, 4) is 5.75 Å². The van der Waals surface area contributed by atoms with E-state index in [2.05, 4.69) is 31.9 Å². The number of ether oxygens (including phenoxy) is 2. The molecule has 2 heterocycles. The summed E-state index contributed by atoms with van der Waals surface area (Å²) >= 11 is 0. The summed E-state index contributed by atoms with van der Waals surface area (Å²) in [5.41, 5.74) is 7.88. The first-order valence-corrected chi connectivity index (χ1v) is 15.8. The van der Waals surface area contributed by atoms with E-state index in [9.17, 15) is 9.36 Å². The fourth-order valence-corrected chi connectivity index (χ4v) is 5.81. The second-order valence-corrected chi connectivity index (χ2v) is 12.3. The molecular formula is C30H38N7O5P. The van der Waals surface area contributed by atoms with E-state index in [0.717, 1.165) is 5.56 Å². The lowest BCUT2D eigenvalue weighted by Crippen LogP contribution is -2.40. The van der Waals surface area contributed by atoms with Gasteiger partial charge in [0.15, 0.2) is 17.0 Å². The first-order valence-electron chi connectivity index (χ1n) is 14.0. The van der Waals surface area contributed by atoms with Gasteiger partial charge in [-0.05, 0) is 30.0 Å². The third kappa shape index (κ3) is 9.37. The monoisotopic (exact) mass is 607 g/mol. The predicted octanol–water partition coefficient (Wildman–Crippen LogP) is 4.65. The minimum Gasteiger partial charge on any atom is -0.464 e. The van der Waals surface area contributed by atoms with Crippen molar-refractivity contribution < 1.29 is 23.4 Å². The van der Waals surface area contributed by atoms with Crippen LogP contribution in [0.15, 0.2) is 79.6 Å². The molecule has 1 unspecified atom stereocenters. The number of hydrogen-bond donors (Lipinski definition) is 3. The molecule has 0 amide bonds. The molecule has 2 atom stereocenters. The lowest BCUT2D eigenvalue weighted by molar-refractivity contribution is -0.146. The van der Waals surface area contributed by atoms with Gasteiger partial charge >= 0.3 is 13.5 Å². The van der Waals surface area contributed by atoms with Gasteiger partial charge < -0.3 is 29.6 Å². The molecule has 2 aromatic heterocycles. The van der Waals surface area contributed by atoms with Gasteiger partial charge in [0.25, 0.3) is 0 Å². The number of fused-ring (bicyclic) bond motifs is 1. The predicted molar refractivity (Wildman–Crippen MR) is 167 cm³/mol. The maximum Gasteiger partial charge on any atom is 0.342 e. The molecule has 0 radical (unpaired) electrons. The Morgan fingerprint density at radius 1 is 1.12 bits per heavy atom. The summed E-state index contributed by atoms with van der Waals surface area (Å²) in [5, 5.41) is 6.08. The highest BCUT2D eigenvalue weighted by Gasteiger charge is 2.33. The number of anilines is 2. The standard InChI is InChI=1S/C30H38N7O5P/c1-4-15-32-27-26-28(35-30(31)34-27)37(20-33-26)16-17-40-21-43(39,42-24-13-9-6-10-14-24)36-25(29(38)41-19-22(2)3)18-23-11-7-5-8-12-23/h4-14,20,22,25H,1,15-19,21H2,2-3H3,(H,36,39)(H3,31,32,34,35)/t25-,43?/m0/s1. The average molecular weight is 608 g/mol. The quantitative estimate of drug-likeness (QED) is 0.0665. The zero-order chi connectivity index (χ0) is 30.7. The molecule has 228 valence electrons. The van der Waals surface area contributed by atoms with Crippen LogP contribution >= 0.6 is 7.52 Å². The molecule has 0 fully saturated rings. The molecule has 0 aliphatic heterocycles. The Morgan fingerprint density at radius 3 is 2.53 bits per heavy atom. The average Bonchev–Trinajstić information content (AvgIpc) is 3.40. The van der Waals surface area contributed by atoms with Crippen molar-refractivity contribution in [3.05, 3.63) is 85.2 Å². The number of benzene rings is 2. The van der Waals surface area contributed by atoms with Crippen LogP contribution < -0.4 is 20.7 Å². The number of imidazole rings is 1. The smallest absolute Gasteiger partial charge is 0.342 e. The van der Waals surface area contributed by atoms with E-state index in [1.807, 2.05) is 50.2 Å². The van der Waals surface area contributed by atoms with Crippen LogP contribution in [0.1, 0.15) is 19.4 Å². The van der Waals surface area contributed by atoms with Crippen molar-refractivity contribution in [2.45, 2.75) is 32.9 Å². The highest BCUT2D eigenvalue weighted by Crippen LogP contribution is 2.44. The van der Waals surface area contributed by atoms with E-state index in [4.69, 9.17) is 19.7 Å². The number of hydrogen-bond acceptors (Lipinski definition) is 10. The topological polar surface area (TPSA) is 156 Å². The molecule has 0 aliphatic carbocycles. The Kier molecular flexibility index (Phi) is 11.3. The van der Waals surface area contributed by atoms with Crippen LogP contribution in [0.3, 0.4) is 0 Å². The molecule has 0 spiro atoms. The zero-order valence-corrected chi connectivity index (χ0v) is 25.3. The summed E-state index contributed by atoms with van der Waals surface area (Å²) in [4.78, 5) is 26.1. The molecule has 12 nitrogen and oxygen atoms in total. The number of para-hydroxylation sites is 1. The number of aromatic nitrogens is 4. The van der Waals surface area contributed by atoms with Crippen LogP contribution in [0.4, 0.5) is 11.8 Å². The normalized spacial score (nSPS) is 13.4. The molecular weight excluding hydrogens is 569 g/mol. The fourth-order valence-electron chi connectivity index (χ4n) is 4.12. The molecule has 0 saturated carbocycles. The third-order valence-electron chi connectivity index (χ3n) is 6.11. The van der Waals surface area contributed by atoms with Crippen LogP contribution in [0.5, 0.6) is 5.75 Å². The molecule has 43 heavy (non-hydrogen) atoms. The number of nitrogen functional groups attached to an aromatic ring is 1. The fraction of sp³-hybridized carbons (Fsp3) is 0.333. The van der Waals surface area contributed by atoms with Crippen LogP contribution in [0.25, 0.3) is 11.2 Å². The highest BCUT2D eigenvalue weighted by atomic mass is 31.2. The van der Waals surface area contributed by atoms with E-state index in [-0.39, 0.29) is 37.8 Å². The lowest BCUT2D eigenvalue weighted by Gasteiger charge is -2.26.